The third-order valence-corrected chi connectivity index (χ3v) is 3.82. The molecule has 0 amide bonds. The Balaban J connectivity index is 2.45. The lowest BCUT2D eigenvalue weighted by atomic mass is 10.0. The number of hydrogen-bond donors (Lipinski definition) is 0. The van der Waals surface area contributed by atoms with Crippen molar-refractivity contribution < 1.29 is 25.8 Å². The van der Waals surface area contributed by atoms with E-state index in [1.807, 2.05) is 0 Å². The highest BCUT2D eigenvalue weighted by molar-refractivity contribution is 7.88. The van der Waals surface area contributed by atoms with Gasteiger partial charge in [0, 0.05) is 5.56 Å². The van der Waals surface area contributed by atoms with Crippen molar-refractivity contribution in [3.8, 4) is 16.9 Å². The fraction of sp³-hybridized carbons (Fsp3) is 0.143. The molecule has 0 N–H and O–H groups in total. The Morgan fingerprint density at radius 3 is 2.14 bits per heavy atom. The minimum atomic E-state index is -5.67. The highest BCUT2D eigenvalue weighted by Crippen LogP contribution is 2.33. The Kier molecular flexibility index (Phi) is 3.95. The van der Waals surface area contributed by atoms with Crippen LogP contribution in [-0.4, -0.2) is 13.9 Å². The predicted molar refractivity (Wildman–Crippen MR) is 72.2 cm³/mol. The summed E-state index contributed by atoms with van der Waals surface area (Å²) in [6.45, 7) is 1.50. The topological polar surface area (TPSA) is 43.4 Å². The zero-order chi connectivity index (χ0) is 15.7. The summed E-state index contributed by atoms with van der Waals surface area (Å²) in [6.07, 6.45) is 0. The summed E-state index contributed by atoms with van der Waals surface area (Å²) >= 11 is 0. The molecule has 0 saturated carbocycles. The van der Waals surface area contributed by atoms with Crippen LogP contribution in [0.5, 0.6) is 5.75 Å². The molecule has 7 heteroatoms. The van der Waals surface area contributed by atoms with Crippen LogP contribution in [0.25, 0.3) is 11.1 Å². The van der Waals surface area contributed by atoms with E-state index in [0.717, 1.165) is 5.56 Å². The predicted octanol–water partition coefficient (Wildman–Crippen LogP) is 3.89. The van der Waals surface area contributed by atoms with Gasteiger partial charge in [-0.15, -0.1) is 0 Å². The van der Waals surface area contributed by atoms with Gasteiger partial charge in [0.25, 0.3) is 0 Å². The zero-order valence-corrected chi connectivity index (χ0v) is 11.7. The summed E-state index contributed by atoms with van der Waals surface area (Å²) < 4.78 is 63.4. The number of alkyl halides is 3. The van der Waals surface area contributed by atoms with Crippen LogP contribution in [0.15, 0.2) is 48.5 Å². The van der Waals surface area contributed by atoms with Crippen LogP contribution in [0.3, 0.4) is 0 Å². The van der Waals surface area contributed by atoms with E-state index in [2.05, 4.69) is 4.18 Å². The van der Waals surface area contributed by atoms with Gasteiger partial charge >= 0.3 is 15.6 Å². The van der Waals surface area contributed by atoms with Crippen molar-refractivity contribution in [1.82, 2.24) is 0 Å². The number of benzene rings is 2. The molecule has 0 atom stereocenters. The van der Waals surface area contributed by atoms with E-state index in [0.29, 0.717) is 11.1 Å². The minimum Gasteiger partial charge on any atom is -0.376 e. The lowest BCUT2D eigenvalue weighted by Crippen LogP contribution is -2.28. The van der Waals surface area contributed by atoms with E-state index in [9.17, 15) is 21.6 Å². The van der Waals surface area contributed by atoms with E-state index in [1.165, 1.54) is 19.1 Å². The van der Waals surface area contributed by atoms with Gasteiger partial charge in [-0.1, -0.05) is 42.5 Å². The van der Waals surface area contributed by atoms with E-state index in [-0.39, 0.29) is 5.75 Å². The molecule has 0 aliphatic rings. The first-order valence-electron chi connectivity index (χ1n) is 5.88. The molecule has 0 aromatic heterocycles. The Morgan fingerprint density at radius 2 is 1.57 bits per heavy atom. The summed E-state index contributed by atoms with van der Waals surface area (Å²) in [4.78, 5) is 0. The fourth-order valence-electron chi connectivity index (χ4n) is 1.80. The molecule has 0 spiro atoms. The maximum absolute atomic E-state index is 12.4. The van der Waals surface area contributed by atoms with Crippen molar-refractivity contribution in [3.63, 3.8) is 0 Å². The Morgan fingerprint density at radius 1 is 0.952 bits per heavy atom. The maximum atomic E-state index is 12.4. The van der Waals surface area contributed by atoms with Gasteiger partial charge < -0.3 is 4.18 Å². The van der Waals surface area contributed by atoms with Crippen LogP contribution in [0, 0.1) is 6.92 Å². The van der Waals surface area contributed by atoms with Crippen molar-refractivity contribution >= 4 is 10.1 Å². The molecular formula is C14H11F3O3S. The molecule has 0 unspecified atom stereocenters. The van der Waals surface area contributed by atoms with Crippen LogP contribution in [0.4, 0.5) is 13.2 Å². The van der Waals surface area contributed by atoms with E-state index < -0.39 is 15.6 Å². The minimum absolute atomic E-state index is 0.316. The molecule has 0 bridgehead atoms. The summed E-state index contributed by atoms with van der Waals surface area (Å²) in [5.41, 5.74) is -3.78. The van der Waals surface area contributed by atoms with Crippen molar-refractivity contribution in [2.75, 3.05) is 0 Å². The first kappa shape index (κ1) is 15.4. The van der Waals surface area contributed by atoms with Gasteiger partial charge in [-0.2, -0.15) is 21.6 Å². The number of hydrogen-bond acceptors (Lipinski definition) is 3. The second kappa shape index (κ2) is 5.40. The van der Waals surface area contributed by atoms with Crippen LogP contribution in [-0.2, 0) is 10.1 Å². The summed E-state index contributed by atoms with van der Waals surface area (Å²) in [5.74, 6) is -0.339. The first-order valence-corrected chi connectivity index (χ1v) is 7.29. The highest BCUT2D eigenvalue weighted by Gasteiger charge is 2.48. The van der Waals surface area contributed by atoms with Gasteiger partial charge in [0.2, 0.25) is 0 Å². The van der Waals surface area contributed by atoms with Gasteiger partial charge in [0.15, 0.2) is 0 Å². The Hall–Kier alpha value is -2.02. The average Bonchev–Trinajstić information content (AvgIpc) is 2.41. The van der Waals surface area contributed by atoms with Crippen LogP contribution in [0.2, 0.25) is 0 Å². The van der Waals surface area contributed by atoms with E-state index in [1.54, 1.807) is 36.4 Å². The summed E-state index contributed by atoms with van der Waals surface area (Å²) in [7, 11) is -5.67. The molecule has 0 fully saturated rings. The van der Waals surface area contributed by atoms with Crippen LogP contribution in [0.1, 0.15) is 5.56 Å². The molecule has 2 rings (SSSR count). The van der Waals surface area contributed by atoms with Crippen LogP contribution >= 0.6 is 0 Å². The molecular weight excluding hydrogens is 305 g/mol. The molecule has 0 heterocycles. The normalized spacial score (nSPS) is 12.2. The lowest BCUT2D eigenvalue weighted by molar-refractivity contribution is -0.0500. The molecule has 3 nitrogen and oxygen atoms in total. The zero-order valence-electron chi connectivity index (χ0n) is 10.9. The van der Waals surface area contributed by atoms with Gasteiger partial charge in [0.05, 0.1) is 0 Å². The SMILES string of the molecule is Cc1c(OS(=O)(=O)C(F)(F)F)cccc1-c1ccccc1. The van der Waals surface area contributed by atoms with Gasteiger partial charge in [-0.25, -0.2) is 0 Å². The van der Waals surface area contributed by atoms with Crippen LogP contribution < -0.4 is 4.18 Å². The number of halogens is 3. The second-order valence-electron chi connectivity index (χ2n) is 4.28. The summed E-state index contributed by atoms with van der Waals surface area (Å²) in [6, 6.07) is 13.2. The van der Waals surface area contributed by atoms with Gasteiger partial charge in [0.1, 0.15) is 5.75 Å². The molecule has 0 aliphatic carbocycles. The van der Waals surface area contributed by atoms with E-state index in [4.69, 9.17) is 0 Å². The molecule has 2 aromatic rings. The van der Waals surface area contributed by atoms with Gasteiger partial charge in [-0.05, 0) is 24.1 Å². The van der Waals surface area contributed by atoms with Crippen molar-refractivity contribution in [1.29, 1.82) is 0 Å². The molecule has 21 heavy (non-hydrogen) atoms. The van der Waals surface area contributed by atoms with Gasteiger partial charge in [-0.3, -0.25) is 0 Å². The highest BCUT2D eigenvalue weighted by atomic mass is 32.2. The first-order chi connectivity index (χ1) is 9.72. The molecule has 112 valence electrons. The molecule has 0 saturated heterocycles. The lowest BCUT2D eigenvalue weighted by Gasteiger charge is -2.14. The maximum Gasteiger partial charge on any atom is 0.534 e. The van der Waals surface area contributed by atoms with Crippen molar-refractivity contribution in [2.45, 2.75) is 12.4 Å². The third-order valence-electron chi connectivity index (χ3n) is 2.85. The largest absolute Gasteiger partial charge is 0.534 e. The standard InChI is InChI=1S/C14H11F3O3S/c1-10-12(11-6-3-2-4-7-11)8-5-9-13(10)20-21(18,19)14(15,16)17/h2-9H,1H3. The Bertz CT molecular complexity index is 738. The molecule has 0 radical (unpaired) electrons. The molecule has 2 aromatic carbocycles. The smallest absolute Gasteiger partial charge is 0.376 e. The second-order valence-corrected chi connectivity index (χ2v) is 5.82. The third kappa shape index (κ3) is 3.18. The quantitative estimate of drug-likeness (QED) is 0.637. The van der Waals surface area contributed by atoms with Crippen molar-refractivity contribution in [2.24, 2.45) is 0 Å². The monoisotopic (exact) mass is 316 g/mol. The van der Waals surface area contributed by atoms with E-state index >= 15 is 0 Å². The van der Waals surface area contributed by atoms with Crippen molar-refractivity contribution in [3.05, 3.63) is 54.1 Å². The summed E-state index contributed by atoms with van der Waals surface area (Å²) in [5, 5.41) is 0. The Labute approximate surface area is 120 Å². The fourth-order valence-corrected chi connectivity index (χ4v) is 2.31. The molecule has 0 aliphatic heterocycles. The average molecular weight is 316 g/mol. The number of rotatable bonds is 3.